The van der Waals surface area contributed by atoms with Crippen LogP contribution in [0.15, 0.2) is 24.3 Å². The Hall–Kier alpha value is -1.07. The molecule has 1 unspecified atom stereocenters. The van der Waals surface area contributed by atoms with Crippen molar-refractivity contribution in [3.05, 3.63) is 24.3 Å². The molecule has 1 aliphatic carbocycles. The first-order valence-electron chi connectivity index (χ1n) is 6.94. The van der Waals surface area contributed by atoms with Crippen molar-refractivity contribution in [3.8, 4) is 0 Å². The fourth-order valence-corrected chi connectivity index (χ4v) is 3.00. The summed E-state index contributed by atoms with van der Waals surface area (Å²) in [6.45, 7) is 0.983. The lowest BCUT2D eigenvalue weighted by atomic mass is 10.0. The highest BCUT2D eigenvalue weighted by Crippen LogP contribution is 2.28. The van der Waals surface area contributed by atoms with Crippen LogP contribution in [0.5, 0.6) is 0 Å². The molecule has 0 amide bonds. The second-order valence-corrected chi connectivity index (χ2v) is 5.81. The van der Waals surface area contributed by atoms with Crippen molar-refractivity contribution in [3.63, 3.8) is 0 Å². The first kappa shape index (κ1) is 14.3. The van der Waals surface area contributed by atoms with Crippen LogP contribution in [0, 0.1) is 5.92 Å². The van der Waals surface area contributed by atoms with Crippen LogP contribution < -0.4 is 10.0 Å². The Balaban J connectivity index is 1.66. The highest BCUT2D eigenvalue weighted by Gasteiger charge is 2.13. The minimum atomic E-state index is -2.25. The highest BCUT2D eigenvalue weighted by atomic mass is 32.2. The van der Waals surface area contributed by atoms with E-state index in [4.69, 9.17) is 0 Å². The molecule has 2 N–H and O–H groups in total. The van der Waals surface area contributed by atoms with Gasteiger partial charge in [0.1, 0.15) is 0 Å². The maximum Gasteiger partial charge on any atom is 0.0453 e. The molecule has 4 nitrogen and oxygen atoms in total. The third-order valence-corrected chi connectivity index (χ3v) is 4.08. The molecule has 1 aromatic carbocycles. The molecule has 0 aliphatic heterocycles. The zero-order chi connectivity index (χ0) is 13.5. The minimum Gasteiger partial charge on any atom is -0.755 e. The van der Waals surface area contributed by atoms with Crippen molar-refractivity contribution in [1.82, 2.24) is 0 Å². The van der Waals surface area contributed by atoms with Gasteiger partial charge in [0.25, 0.3) is 0 Å². The van der Waals surface area contributed by atoms with Gasteiger partial charge in [-0.15, -0.1) is 0 Å². The van der Waals surface area contributed by atoms with Crippen LogP contribution in [-0.2, 0) is 11.3 Å². The number of benzene rings is 1. The van der Waals surface area contributed by atoms with E-state index in [1.54, 1.807) is 12.1 Å². The summed E-state index contributed by atoms with van der Waals surface area (Å²) in [7, 11) is 0. The van der Waals surface area contributed by atoms with Crippen molar-refractivity contribution in [2.75, 3.05) is 16.6 Å². The Morgan fingerprint density at radius 1 is 1.16 bits per heavy atom. The Bertz CT molecular complexity index is 402. The van der Waals surface area contributed by atoms with Gasteiger partial charge in [-0.05, 0) is 43.0 Å². The summed E-state index contributed by atoms with van der Waals surface area (Å²) in [5, 5.41) is 3.37. The number of nitrogens with one attached hydrogen (secondary N) is 2. The van der Waals surface area contributed by atoms with Crippen LogP contribution in [0.25, 0.3) is 0 Å². The zero-order valence-corrected chi connectivity index (χ0v) is 11.9. The van der Waals surface area contributed by atoms with Gasteiger partial charge in [0.05, 0.1) is 0 Å². The Kier molecular flexibility index (Phi) is 5.66. The first-order chi connectivity index (χ1) is 9.24. The highest BCUT2D eigenvalue weighted by molar-refractivity contribution is 7.80. The van der Waals surface area contributed by atoms with Crippen LogP contribution in [0.3, 0.4) is 0 Å². The van der Waals surface area contributed by atoms with E-state index in [2.05, 4.69) is 10.0 Å². The monoisotopic (exact) mass is 281 g/mol. The van der Waals surface area contributed by atoms with E-state index in [9.17, 15) is 8.76 Å². The Morgan fingerprint density at radius 2 is 1.79 bits per heavy atom. The smallest absolute Gasteiger partial charge is 0.0453 e. The number of anilines is 2. The lowest BCUT2D eigenvalue weighted by molar-refractivity contribution is 0.491. The van der Waals surface area contributed by atoms with Gasteiger partial charge < -0.3 is 14.6 Å². The van der Waals surface area contributed by atoms with Gasteiger partial charge >= 0.3 is 0 Å². The summed E-state index contributed by atoms with van der Waals surface area (Å²) in [4.78, 5) is 0. The van der Waals surface area contributed by atoms with Crippen LogP contribution in [0.1, 0.15) is 38.5 Å². The average molecular weight is 281 g/mol. The van der Waals surface area contributed by atoms with E-state index in [1.807, 2.05) is 12.1 Å². The van der Waals surface area contributed by atoms with E-state index in [0.29, 0.717) is 5.69 Å². The van der Waals surface area contributed by atoms with Gasteiger partial charge in [-0.2, -0.15) is 0 Å². The van der Waals surface area contributed by atoms with Gasteiger partial charge in [-0.1, -0.05) is 25.7 Å². The van der Waals surface area contributed by atoms with Crippen LogP contribution in [0.4, 0.5) is 11.4 Å². The molecule has 1 aliphatic rings. The van der Waals surface area contributed by atoms with Crippen molar-refractivity contribution in [1.29, 1.82) is 0 Å². The summed E-state index contributed by atoms with van der Waals surface area (Å²) >= 11 is -2.25. The predicted octanol–water partition coefficient (Wildman–Crippen LogP) is 3.27. The molecule has 0 bridgehead atoms. The molecular formula is C14H21N2O2S-. The largest absolute Gasteiger partial charge is 0.755 e. The lowest BCUT2D eigenvalue weighted by Crippen LogP contribution is -2.05. The predicted molar refractivity (Wildman–Crippen MR) is 78.7 cm³/mol. The molecule has 1 aromatic rings. The van der Waals surface area contributed by atoms with Gasteiger partial charge in [0, 0.05) is 29.2 Å². The molecule has 0 saturated heterocycles. The van der Waals surface area contributed by atoms with Gasteiger partial charge in [0.2, 0.25) is 0 Å². The molecule has 2 rings (SSSR count). The third kappa shape index (κ3) is 5.20. The van der Waals surface area contributed by atoms with Crippen molar-refractivity contribution in [2.24, 2.45) is 5.92 Å². The van der Waals surface area contributed by atoms with Gasteiger partial charge in [-0.25, -0.2) is 0 Å². The summed E-state index contributed by atoms with van der Waals surface area (Å²) in [5.74, 6) is 0.945. The summed E-state index contributed by atoms with van der Waals surface area (Å²) in [5.41, 5.74) is 1.62. The second kappa shape index (κ2) is 7.50. The van der Waals surface area contributed by atoms with E-state index < -0.39 is 11.3 Å². The lowest BCUT2D eigenvalue weighted by Gasteiger charge is -2.11. The normalized spacial score (nSPS) is 17.3. The summed E-state index contributed by atoms with van der Waals surface area (Å²) < 4.78 is 23.3. The van der Waals surface area contributed by atoms with Gasteiger partial charge in [0.15, 0.2) is 0 Å². The standard InChI is InChI=1S/C14H22N2O2S/c17-19(18)16-14-9-7-13(8-10-14)15-11-3-6-12-4-1-2-5-12/h7-10,12,15-16H,1-6,11H2,(H,17,18)/p-1. The molecule has 0 spiro atoms. The molecule has 1 fully saturated rings. The Labute approximate surface area is 117 Å². The zero-order valence-electron chi connectivity index (χ0n) is 11.1. The average Bonchev–Trinajstić information content (AvgIpc) is 2.89. The summed E-state index contributed by atoms with van der Waals surface area (Å²) in [6, 6.07) is 7.31. The third-order valence-electron chi connectivity index (χ3n) is 3.68. The molecule has 5 heteroatoms. The van der Waals surface area contributed by atoms with Crippen LogP contribution in [0.2, 0.25) is 0 Å². The molecule has 0 aromatic heterocycles. The summed E-state index contributed by atoms with van der Waals surface area (Å²) in [6.07, 6.45) is 8.16. The topological polar surface area (TPSA) is 64.2 Å². The van der Waals surface area contributed by atoms with E-state index >= 15 is 0 Å². The van der Waals surface area contributed by atoms with Crippen LogP contribution >= 0.6 is 0 Å². The molecule has 0 radical (unpaired) electrons. The van der Waals surface area contributed by atoms with Crippen molar-refractivity contribution in [2.45, 2.75) is 38.5 Å². The maximum absolute atomic E-state index is 10.5. The molecule has 19 heavy (non-hydrogen) atoms. The van der Waals surface area contributed by atoms with E-state index in [-0.39, 0.29) is 0 Å². The molecule has 1 saturated carbocycles. The maximum atomic E-state index is 10.5. The number of rotatable bonds is 7. The molecular weight excluding hydrogens is 260 g/mol. The Morgan fingerprint density at radius 3 is 2.42 bits per heavy atom. The van der Waals surface area contributed by atoms with Gasteiger partial charge in [-0.3, -0.25) is 4.21 Å². The van der Waals surface area contributed by atoms with Crippen LogP contribution in [-0.4, -0.2) is 15.3 Å². The van der Waals surface area contributed by atoms with E-state index in [1.165, 1.54) is 38.5 Å². The number of hydrogen-bond acceptors (Lipinski definition) is 3. The second-order valence-electron chi connectivity index (χ2n) is 5.13. The minimum absolute atomic E-state index is 0.588. The number of hydrogen-bond donors (Lipinski definition) is 2. The quantitative estimate of drug-likeness (QED) is 0.595. The van der Waals surface area contributed by atoms with Crippen molar-refractivity contribution >= 4 is 22.6 Å². The van der Waals surface area contributed by atoms with Crippen molar-refractivity contribution < 1.29 is 8.76 Å². The molecule has 0 heterocycles. The SMILES string of the molecule is O=S([O-])Nc1ccc(NCCCC2CCCC2)cc1. The fraction of sp³-hybridized carbons (Fsp3) is 0.571. The molecule has 106 valence electrons. The molecule has 1 atom stereocenters. The van der Waals surface area contributed by atoms with E-state index in [0.717, 1.165) is 18.2 Å². The fourth-order valence-electron chi connectivity index (χ4n) is 2.67. The first-order valence-corrected chi connectivity index (χ1v) is 8.01.